The second-order valence-electron chi connectivity index (χ2n) is 11.8. The summed E-state index contributed by atoms with van der Waals surface area (Å²) in [4.78, 5) is 12.8. The van der Waals surface area contributed by atoms with Crippen molar-refractivity contribution >= 4 is 5.91 Å². The predicted octanol–water partition coefficient (Wildman–Crippen LogP) is 6.85. The fraction of sp³-hybridized carbons (Fsp3) is 0.750. The molecule has 0 aliphatic heterocycles. The van der Waals surface area contributed by atoms with E-state index in [0.717, 1.165) is 35.5 Å². The van der Waals surface area contributed by atoms with Gasteiger partial charge in [0.2, 0.25) is 0 Å². The van der Waals surface area contributed by atoms with E-state index in [-0.39, 0.29) is 17.5 Å². The number of fused-ring (bicyclic) bond motifs is 5. The maximum Gasteiger partial charge on any atom is 0.254 e. The molecule has 1 amide bonds. The molecule has 5 rings (SSSR count). The van der Waals surface area contributed by atoms with Crippen molar-refractivity contribution in [1.29, 1.82) is 0 Å². The largest absolute Gasteiger partial charge is 0.349 e. The number of nitrogens with one attached hydrogen (secondary N) is 1. The Bertz CT molecular complexity index is 823. The summed E-state index contributed by atoms with van der Waals surface area (Å²) < 4.78 is 14.1. The number of carbonyl (C=O) groups excluding carboxylic acids is 1. The van der Waals surface area contributed by atoms with Crippen molar-refractivity contribution in [1.82, 2.24) is 5.32 Å². The van der Waals surface area contributed by atoms with E-state index in [4.69, 9.17) is 0 Å². The van der Waals surface area contributed by atoms with Gasteiger partial charge in [0, 0.05) is 6.04 Å². The van der Waals surface area contributed by atoms with E-state index in [1.54, 1.807) is 18.2 Å². The van der Waals surface area contributed by atoms with Gasteiger partial charge in [0.25, 0.3) is 5.91 Å². The number of carbonyl (C=O) groups is 1. The highest BCUT2D eigenvalue weighted by atomic mass is 19.1. The molecule has 3 unspecified atom stereocenters. The lowest BCUT2D eigenvalue weighted by Gasteiger charge is -2.56. The summed E-state index contributed by atoms with van der Waals surface area (Å²) in [6.45, 7) is 7.13. The van der Waals surface area contributed by atoms with Gasteiger partial charge in [0.05, 0.1) is 5.56 Å². The standard InChI is InChI=1S/C28H40FNO/c1-17-8-10-20-19(16-17)9-11-22-21(20)14-15-28(3)24(12-13-25(22)28)18(2)30-27(31)23-6-4-5-7-26(23)29/h4-7,17-22,24-25H,8-16H2,1-3H3,(H,30,31)/t17-,18-,19+,20-,21?,22+,24?,25?,28+/m0/s1. The van der Waals surface area contributed by atoms with Crippen LogP contribution in [0.1, 0.15) is 88.9 Å². The molecule has 0 spiro atoms. The third-order valence-electron chi connectivity index (χ3n) is 10.4. The lowest BCUT2D eigenvalue weighted by atomic mass is 9.49. The number of rotatable bonds is 3. The molecule has 0 aromatic heterocycles. The van der Waals surface area contributed by atoms with Crippen molar-refractivity contribution in [3.05, 3.63) is 35.6 Å². The molecule has 0 bridgehead atoms. The Hall–Kier alpha value is -1.38. The number of amides is 1. The van der Waals surface area contributed by atoms with Gasteiger partial charge in [-0.3, -0.25) is 4.79 Å². The summed E-state index contributed by atoms with van der Waals surface area (Å²) in [5.74, 6) is 5.37. The first kappa shape index (κ1) is 21.5. The highest BCUT2D eigenvalue weighted by Gasteiger charge is 2.57. The quantitative estimate of drug-likeness (QED) is 0.564. The van der Waals surface area contributed by atoms with E-state index in [0.29, 0.717) is 11.3 Å². The second-order valence-corrected chi connectivity index (χ2v) is 11.8. The molecule has 0 heterocycles. The lowest BCUT2D eigenvalue weighted by molar-refractivity contribution is -0.0698. The molecular weight excluding hydrogens is 385 g/mol. The SMILES string of the molecule is C[C@H]1CC[C@@H]2C3CC[C@@]4(C)C(CCC4[C@H](C)NC(=O)c4ccccc4F)[C@@H]3CC[C@@H]2C1. The van der Waals surface area contributed by atoms with Gasteiger partial charge in [0.15, 0.2) is 0 Å². The zero-order chi connectivity index (χ0) is 21.8. The van der Waals surface area contributed by atoms with Crippen molar-refractivity contribution in [2.75, 3.05) is 0 Å². The van der Waals surface area contributed by atoms with E-state index in [1.807, 2.05) is 0 Å². The number of halogens is 1. The lowest BCUT2D eigenvalue weighted by Crippen LogP contribution is -2.51. The molecule has 0 saturated heterocycles. The molecule has 1 aromatic rings. The van der Waals surface area contributed by atoms with Gasteiger partial charge in [-0.1, -0.05) is 32.4 Å². The third-order valence-corrected chi connectivity index (χ3v) is 10.4. The zero-order valence-corrected chi connectivity index (χ0v) is 19.6. The van der Waals surface area contributed by atoms with Crippen molar-refractivity contribution in [3.63, 3.8) is 0 Å². The zero-order valence-electron chi connectivity index (χ0n) is 19.6. The molecule has 4 aliphatic carbocycles. The Labute approximate surface area is 187 Å². The Morgan fingerprint density at radius 3 is 2.61 bits per heavy atom. The van der Waals surface area contributed by atoms with Gasteiger partial charge >= 0.3 is 0 Å². The molecule has 4 saturated carbocycles. The molecule has 0 radical (unpaired) electrons. The maximum atomic E-state index is 14.1. The summed E-state index contributed by atoms with van der Waals surface area (Å²) in [6.07, 6.45) is 12.5. The second kappa shape index (κ2) is 8.19. The van der Waals surface area contributed by atoms with Crippen molar-refractivity contribution < 1.29 is 9.18 Å². The fourth-order valence-electron chi connectivity index (χ4n) is 8.98. The molecular formula is C28H40FNO. The number of benzene rings is 1. The van der Waals surface area contributed by atoms with Crippen LogP contribution >= 0.6 is 0 Å². The Morgan fingerprint density at radius 1 is 1.03 bits per heavy atom. The van der Waals surface area contributed by atoms with Crippen LogP contribution in [0, 0.1) is 52.7 Å². The first-order valence-corrected chi connectivity index (χ1v) is 12.9. The summed E-state index contributed by atoms with van der Waals surface area (Å²) in [6, 6.07) is 6.42. The van der Waals surface area contributed by atoms with Crippen LogP contribution in [-0.2, 0) is 0 Å². The normalized spacial score (nSPS) is 42.8. The smallest absolute Gasteiger partial charge is 0.254 e. The third kappa shape index (κ3) is 3.64. The summed E-state index contributed by atoms with van der Waals surface area (Å²) in [7, 11) is 0. The maximum absolute atomic E-state index is 14.1. The van der Waals surface area contributed by atoms with Gasteiger partial charge in [-0.15, -0.1) is 0 Å². The molecule has 4 fully saturated rings. The van der Waals surface area contributed by atoms with E-state index < -0.39 is 5.82 Å². The predicted molar refractivity (Wildman–Crippen MR) is 123 cm³/mol. The van der Waals surface area contributed by atoms with E-state index in [9.17, 15) is 9.18 Å². The van der Waals surface area contributed by atoms with Crippen molar-refractivity contribution in [3.8, 4) is 0 Å². The van der Waals surface area contributed by atoms with Crippen LogP contribution in [0.3, 0.4) is 0 Å². The van der Waals surface area contributed by atoms with Crippen LogP contribution in [-0.4, -0.2) is 11.9 Å². The van der Waals surface area contributed by atoms with Crippen molar-refractivity contribution in [2.24, 2.45) is 46.8 Å². The first-order valence-electron chi connectivity index (χ1n) is 12.9. The molecule has 3 heteroatoms. The van der Waals surface area contributed by atoms with Crippen molar-refractivity contribution in [2.45, 2.75) is 84.6 Å². The monoisotopic (exact) mass is 425 g/mol. The molecule has 2 nitrogen and oxygen atoms in total. The van der Waals surface area contributed by atoms with Gasteiger partial charge in [-0.25, -0.2) is 4.39 Å². The molecule has 4 aliphatic rings. The van der Waals surface area contributed by atoms with Crippen LogP contribution in [0.5, 0.6) is 0 Å². The Kier molecular flexibility index (Phi) is 5.67. The minimum atomic E-state index is -0.429. The van der Waals surface area contributed by atoms with E-state index in [2.05, 4.69) is 26.1 Å². The molecule has 1 aromatic carbocycles. The molecule has 170 valence electrons. The van der Waals surface area contributed by atoms with Crippen LogP contribution in [0.4, 0.5) is 4.39 Å². The highest BCUT2D eigenvalue weighted by molar-refractivity contribution is 5.94. The molecule has 1 N–H and O–H groups in total. The Balaban J connectivity index is 1.29. The van der Waals surface area contributed by atoms with Gasteiger partial charge < -0.3 is 5.32 Å². The van der Waals surface area contributed by atoms with Crippen LogP contribution < -0.4 is 5.32 Å². The number of hydrogen-bond donors (Lipinski definition) is 1. The van der Waals surface area contributed by atoms with Crippen LogP contribution in [0.25, 0.3) is 0 Å². The van der Waals surface area contributed by atoms with Gasteiger partial charge in [0.1, 0.15) is 5.82 Å². The highest BCUT2D eigenvalue weighted by Crippen LogP contribution is 2.64. The van der Waals surface area contributed by atoms with Crippen LogP contribution in [0.15, 0.2) is 24.3 Å². The first-order chi connectivity index (χ1) is 14.9. The van der Waals surface area contributed by atoms with Crippen LogP contribution in [0.2, 0.25) is 0 Å². The summed E-state index contributed by atoms with van der Waals surface area (Å²) >= 11 is 0. The van der Waals surface area contributed by atoms with E-state index in [1.165, 1.54) is 63.9 Å². The summed E-state index contributed by atoms with van der Waals surface area (Å²) in [5.41, 5.74) is 0.486. The number of hydrogen-bond acceptors (Lipinski definition) is 1. The topological polar surface area (TPSA) is 29.1 Å². The Morgan fingerprint density at radius 2 is 1.81 bits per heavy atom. The molecule has 9 atom stereocenters. The van der Waals surface area contributed by atoms with Gasteiger partial charge in [-0.2, -0.15) is 0 Å². The minimum Gasteiger partial charge on any atom is -0.349 e. The van der Waals surface area contributed by atoms with Gasteiger partial charge in [-0.05, 0) is 117 Å². The van der Waals surface area contributed by atoms with E-state index >= 15 is 0 Å². The average molecular weight is 426 g/mol. The molecule has 31 heavy (non-hydrogen) atoms. The summed E-state index contributed by atoms with van der Waals surface area (Å²) in [5, 5.41) is 3.18. The average Bonchev–Trinajstić information content (AvgIpc) is 3.11. The minimum absolute atomic E-state index is 0.0884. The fourth-order valence-corrected chi connectivity index (χ4v) is 8.98.